The lowest BCUT2D eigenvalue weighted by atomic mass is 9.70. The van der Waals surface area contributed by atoms with E-state index in [1.54, 1.807) is 0 Å². The van der Waals surface area contributed by atoms with Crippen LogP contribution in [0.25, 0.3) is 0 Å². The van der Waals surface area contributed by atoms with Crippen molar-refractivity contribution in [1.82, 2.24) is 0 Å². The standard InChI is InChI=1S/C21H16/c1-2-21(18-12-6-3-7-13-18,19-14-8-4-9-15-19)20-16-10-5-11-17-20/h1,3-17H/i3D,4D,5D,6D,7D,8D,9D,10D,11D,12D,13D,14D,15D,16D,17D. The van der Waals surface area contributed by atoms with Gasteiger partial charge in [0, 0.05) is 0 Å². The third-order valence-corrected chi connectivity index (χ3v) is 2.84. The maximum absolute atomic E-state index is 8.50. The maximum Gasteiger partial charge on any atom is 0.106 e. The lowest BCUT2D eigenvalue weighted by Crippen LogP contribution is -2.27. The van der Waals surface area contributed by atoms with E-state index in [1.807, 2.05) is 0 Å². The maximum atomic E-state index is 8.50. The molecule has 0 bridgehead atoms. The molecule has 0 saturated carbocycles. The van der Waals surface area contributed by atoms with Crippen molar-refractivity contribution < 1.29 is 20.6 Å². The molecule has 3 aromatic rings. The second-order valence-electron chi connectivity index (χ2n) is 3.89. The fourth-order valence-electron chi connectivity index (χ4n) is 1.90. The van der Waals surface area contributed by atoms with E-state index in [0.717, 1.165) is 0 Å². The summed E-state index contributed by atoms with van der Waals surface area (Å²) >= 11 is 0. The fraction of sp³-hybridized carbons (Fsp3) is 0.0476. The van der Waals surface area contributed by atoms with Crippen molar-refractivity contribution in [3.05, 3.63) is 107 Å². The Morgan fingerprint density at radius 1 is 0.619 bits per heavy atom. The van der Waals surface area contributed by atoms with Gasteiger partial charge >= 0.3 is 0 Å². The zero-order valence-corrected chi connectivity index (χ0v) is 10.6. The number of hydrogen-bond donors (Lipinski definition) is 0. The molecule has 0 saturated heterocycles. The summed E-state index contributed by atoms with van der Waals surface area (Å²) in [5.41, 5.74) is -5.18. The summed E-state index contributed by atoms with van der Waals surface area (Å²) in [4.78, 5) is 0. The Morgan fingerprint density at radius 2 is 0.905 bits per heavy atom. The van der Waals surface area contributed by atoms with Crippen LogP contribution in [0.3, 0.4) is 0 Å². The molecule has 0 aromatic heterocycles. The fourth-order valence-corrected chi connectivity index (χ4v) is 1.90. The van der Waals surface area contributed by atoms with Gasteiger partial charge in [-0.3, -0.25) is 0 Å². The smallest absolute Gasteiger partial charge is 0.106 e. The van der Waals surface area contributed by atoms with E-state index < -0.39 is 113 Å². The average Bonchev–Trinajstić information content (AvgIpc) is 2.85. The molecule has 21 heavy (non-hydrogen) atoms. The SMILES string of the molecule is [2H]c1c([2H])c([2H])c(C(C#C)(c2c([2H])c([2H])c([2H])c([2H])c2[2H])c2c([2H])c([2H])c([2H])c([2H])c2[2H])c([2H])c1[2H]. The van der Waals surface area contributed by atoms with Crippen molar-refractivity contribution >= 4 is 0 Å². The van der Waals surface area contributed by atoms with E-state index in [4.69, 9.17) is 27.0 Å². The molecule has 0 amide bonds. The predicted octanol–water partition coefficient (Wildman–Crippen LogP) is 4.65. The van der Waals surface area contributed by atoms with Gasteiger partial charge in [-0.15, -0.1) is 6.42 Å². The number of hydrogen-bond acceptors (Lipinski definition) is 0. The van der Waals surface area contributed by atoms with E-state index in [9.17, 15) is 0 Å². The summed E-state index contributed by atoms with van der Waals surface area (Å²) in [5, 5.41) is 0. The van der Waals surface area contributed by atoms with Crippen LogP contribution in [0.1, 0.15) is 37.3 Å². The summed E-state index contributed by atoms with van der Waals surface area (Å²) in [7, 11) is 0. The van der Waals surface area contributed by atoms with E-state index >= 15 is 0 Å². The Bertz CT molecular complexity index is 1240. The van der Waals surface area contributed by atoms with Crippen molar-refractivity contribution in [2.24, 2.45) is 0 Å². The zero-order chi connectivity index (χ0) is 27.6. The van der Waals surface area contributed by atoms with Gasteiger partial charge in [-0.25, -0.2) is 0 Å². The number of rotatable bonds is 3. The Morgan fingerprint density at radius 3 is 1.14 bits per heavy atom. The summed E-state index contributed by atoms with van der Waals surface area (Å²) in [6, 6.07) is -13.4. The molecule has 0 spiro atoms. The second kappa shape index (κ2) is 5.69. The molecule has 0 heterocycles. The summed E-state index contributed by atoms with van der Waals surface area (Å²) < 4.78 is 123. The topological polar surface area (TPSA) is 0 Å². The van der Waals surface area contributed by atoms with Crippen LogP contribution in [0.5, 0.6) is 0 Å². The molecule has 0 radical (unpaired) electrons. The third kappa shape index (κ3) is 2.24. The first kappa shape index (κ1) is 4.36. The highest BCUT2D eigenvalue weighted by Crippen LogP contribution is 2.38. The van der Waals surface area contributed by atoms with Crippen LogP contribution >= 0.6 is 0 Å². The predicted molar refractivity (Wildman–Crippen MR) is 88.0 cm³/mol. The molecule has 3 aromatic carbocycles. The van der Waals surface area contributed by atoms with Gasteiger partial charge in [0.1, 0.15) is 5.41 Å². The molecule has 0 heteroatoms. The Kier molecular flexibility index (Phi) is 1.18. The second-order valence-corrected chi connectivity index (χ2v) is 3.89. The van der Waals surface area contributed by atoms with Crippen molar-refractivity contribution in [3.63, 3.8) is 0 Å². The summed E-state index contributed by atoms with van der Waals surface area (Å²) in [6.45, 7) is 0. The van der Waals surface area contributed by atoms with Crippen molar-refractivity contribution in [1.29, 1.82) is 0 Å². The lowest BCUT2D eigenvalue weighted by molar-refractivity contribution is 0.810. The molecular weight excluding hydrogens is 252 g/mol. The summed E-state index contributed by atoms with van der Waals surface area (Å²) in [6.07, 6.45) is 5.87. The zero-order valence-electron chi connectivity index (χ0n) is 25.6. The van der Waals surface area contributed by atoms with Gasteiger partial charge in [0.25, 0.3) is 0 Å². The van der Waals surface area contributed by atoms with E-state index in [-0.39, 0.29) is 0 Å². The first-order chi connectivity index (χ1) is 16.6. The number of terminal acetylenes is 1. The van der Waals surface area contributed by atoms with Gasteiger partial charge in [-0.1, -0.05) is 96.6 Å². The van der Waals surface area contributed by atoms with E-state index in [1.165, 1.54) is 0 Å². The number of benzene rings is 3. The van der Waals surface area contributed by atoms with Crippen LogP contribution in [-0.2, 0) is 5.41 Å². The monoisotopic (exact) mass is 283 g/mol. The highest BCUT2D eigenvalue weighted by molar-refractivity contribution is 5.57. The molecule has 3 rings (SSSR count). The minimum absolute atomic E-state index is 0.798. The van der Waals surface area contributed by atoms with E-state index in [0.29, 0.717) is 0 Å². The Balaban J connectivity index is 2.86. The molecule has 0 unspecified atom stereocenters. The van der Waals surface area contributed by atoms with Gasteiger partial charge in [0.15, 0.2) is 0 Å². The largest absolute Gasteiger partial charge is 0.118 e. The van der Waals surface area contributed by atoms with E-state index in [2.05, 4.69) is 5.92 Å². The van der Waals surface area contributed by atoms with Crippen LogP contribution < -0.4 is 0 Å². The molecule has 0 aliphatic heterocycles. The average molecular weight is 283 g/mol. The Labute approximate surface area is 147 Å². The normalized spacial score (nSPS) is 20.8. The van der Waals surface area contributed by atoms with Crippen molar-refractivity contribution in [2.45, 2.75) is 5.41 Å². The van der Waals surface area contributed by atoms with Gasteiger partial charge < -0.3 is 0 Å². The molecule has 0 N–H and O–H groups in total. The van der Waals surface area contributed by atoms with Crippen molar-refractivity contribution in [2.75, 3.05) is 0 Å². The molecular formula is C21H16. The van der Waals surface area contributed by atoms with Gasteiger partial charge in [0.05, 0.1) is 20.6 Å². The van der Waals surface area contributed by atoms with Crippen LogP contribution in [0, 0.1) is 12.3 Å². The minimum Gasteiger partial charge on any atom is -0.118 e. The molecule has 0 nitrogen and oxygen atoms in total. The highest BCUT2D eigenvalue weighted by Gasteiger charge is 2.33. The van der Waals surface area contributed by atoms with Gasteiger partial charge in [-0.2, -0.15) is 0 Å². The van der Waals surface area contributed by atoms with Crippen molar-refractivity contribution in [3.8, 4) is 12.3 Å². The Hall–Kier alpha value is -2.78. The van der Waals surface area contributed by atoms with Crippen LogP contribution in [-0.4, -0.2) is 0 Å². The van der Waals surface area contributed by atoms with Crippen LogP contribution in [0.4, 0.5) is 0 Å². The highest BCUT2D eigenvalue weighted by atomic mass is 14.3. The lowest BCUT2D eigenvalue weighted by Gasteiger charge is -2.30. The van der Waals surface area contributed by atoms with Gasteiger partial charge in [0.2, 0.25) is 0 Å². The van der Waals surface area contributed by atoms with Crippen LogP contribution in [0.2, 0.25) is 0 Å². The van der Waals surface area contributed by atoms with Crippen LogP contribution in [0.15, 0.2) is 90.6 Å². The molecule has 100 valence electrons. The minimum atomic E-state index is -2.78. The molecule has 0 aliphatic carbocycles. The summed E-state index contributed by atoms with van der Waals surface area (Å²) in [5.74, 6) is 2.13. The van der Waals surface area contributed by atoms with Gasteiger partial charge in [-0.05, 0) is 16.7 Å². The quantitative estimate of drug-likeness (QED) is 0.484. The molecule has 0 atom stereocenters. The first-order valence-corrected chi connectivity index (χ1v) is 5.79. The molecule has 0 aliphatic rings. The third-order valence-electron chi connectivity index (χ3n) is 2.84. The first-order valence-electron chi connectivity index (χ1n) is 13.3. The molecule has 0 fully saturated rings.